The van der Waals surface area contributed by atoms with Gasteiger partial charge in [-0.15, -0.1) is 0 Å². The van der Waals surface area contributed by atoms with Crippen molar-refractivity contribution < 1.29 is 4.74 Å². The maximum Gasteiger partial charge on any atom is 0.191 e. The lowest BCUT2D eigenvalue weighted by Gasteiger charge is -2.34. The van der Waals surface area contributed by atoms with Crippen molar-refractivity contribution in [3.8, 4) is 5.75 Å². The minimum Gasteiger partial charge on any atom is -0.496 e. The molecule has 1 aliphatic rings. The molecule has 1 saturated heterocycles. The first-order valence-corrected chi connectivity index (χ1v) is 9.41. The van der Waals surface area contributed by atoms with Gasteiger partial charge in [-0.2, -0.15) is 0 Å². The third-order valence-corrected chi connectivity index (χ3v) is 4.65. The molecular formula is C20H34N4O. The zero-order valence-corrected chi connectivity index (χ0v) is 16.2. The van der Waals surface area contributed by atoms with Crippen molar-refractivity contribution in [2.45, 2.75) is 33.2 Å². The number of nitrogens with zero attached hydrogens (tertiary/aromatic N) is 2. The highest BCUT2D eigenvalue weighted by Gasteiger charge is 2.20. The molecule has 5 heteroatoms. The van der Waals surface area contributed by atoms with Crippen LogP contribution in [0.2, 0.25) is 0 Å². The highest BCUT2D eigenvalue weighted by atomic mass is 16.5. The zero-order chi connectivity index (χ0) is 18.1. The molecule has 1 heterocycles. The lowest BCUT2D eigenvalue weighted by molar-refractivity contribution is 0.159. The van der Waals surface area contributed by atoms with Crippen LogP contribution >= 0.6 is 0 Å². The van der Waals surface area contributed by atoms with E-state index in [-0.39, 0.29) is 0 Å². The van der Waals surface area contributed by atoms with Crippen LogP contribution in [0.4, 0.5) is 0 Å². The van der Waals surface area contributed by atoms with Gasteiger partial charge in [-0.25, -0.2) is 0 Å². The van der Waals surface area contributed by atoms with Crippen molar-refractivity contribution in [2.24, 2.45) is 16.8 Å². The predicted molar refractivity (Wildman–Crippen MR) is 105 cm³/mol. The molecule has 0 amide bonds. The Hall–Kier alpha value is -1.75. The second-order valence-corrected chi connectivity index (χ2v) is 7.28. The minimum absolute atomic E-state index is 0.692. The molecule has 5 nitrogen and oxygen atoms in total. The van der Waals surface area contributed by atoms with Gasteiger partial charge < -0.3 is 20.3 Å². The minimum atomic E-state index is 0.692. The summed E-state index contributed by atoms with van der Waals surface area (Å²) < 4.78 is 5.40. The molecule has 0 aliphatic carbocycles. The monoisotopic (exact) mass is 346 g/mol. The Bertz CT molecular complexity index is 544. The topological polar surface area (TPSA) is 48.9 Å². The molecule has 1 aromatic rings. The average molecular weight is 347 g/mol. The van der Waals surface area contributed by atoms with Crippen LogP contribution in [0.3, 0.4) is 0 Å². The van der Waals surface area contributed by atoms with Gasteiger partial charge in [0.1, 0.15) is 5.75 Å². The fourth-order valence-electron chi connectivity index (χ4n) is 3.49. The van der Waals surface area contributed by atoms with Crippen LogP contribution in [0.1, 0.15) is 32.3 Å². The molecule has 0 bridgehead atoms. The molecule has 0 saturated carbocycles. The molecule has 1 aromatic carbocycles. The van der Waals surface area contributed by atoms with E-state index in [4.69, 9.17) is 4.74 Å². The highest BCUT2D eigenvalue weighted by molar-refractivity contribution is 5.79. The smallest absolute Gasteiger partial charge is 0.191 e. The predicted octanol–water partition coefficient (Wildman–Crippen LogP) is 2.73. The molecule has 2 rings (SSSR count). The van der Waals surface area contributed by atoms with Gasteiger partial charge in [0.2, 0.25) is 0 Å². The summed E-state index contributed by atoms with van der Waals surface area (Å²) in [5, 5.41) is 6.88. The number of likely N-dealkylation sites (tertiary alicyclic amines) is 1. The molecular weight excluding hydrogens is 312 g/mol. The Morgan fingerprint density at radius 1 is 1.32 bits per heavy atom. The molecule has 1 fully saturated rings. The number of methoxy groups -OCH3 is 1. The summed E-state index contributed by atoms with van der Waals surface area (Å²) in [5.74, 6) is 3.19. The van der Waals surface area contributed by atoms with E-state index in [0.717, 1.165) is 29.7 Å². The van der Waals surface area contributed by atoms with E-state index >= 15 is 0 Å². The molecule has 1 unspecified atom stereocenters. The Morgan fingerprint density at radius 2 is 2.12 bits per heavy atom. The zero-order valence-electron chi connectivity index (χ0n) is 16.2. The number of benzene rings is 1. The van der Waals surface area contributed by atoms with Gasteiger partial charge in [0, 0.05) is 38.8 Å². The van der Waals surface area contributed by atoms with E-state index in [1.54, 1.807) is 7.11 Å². The number of piperidine rings is 1. The van der Waals surface area contributed by atoms with E-state index in [0.29, 0.717) is 12.5 Å². The van der Waals surface area contributed by atoms with E-state index < -0.39 is 0 Å². The molecule has 0 aromatic heterocycles. The average Bonchev–Trinajstić information content (AvgIpc) is 2.62. The van der Waals surface area contributed by atoms with Gasteiger partial charge >= 0.3 is 0 Å². The first-order valence-electron chi connectivity index (χ1n) is 9.41. The van der Waals surface area contributed by atoms with Crippen molar-refractivity contribution in [1.82, 2.24) is 15.5 Å². The van der Waals surface area contributed by atoms with Gasteiger partial charge in [0.25, 0.3) is 0 Å². The van der Waals surface area contributed by atoms with Crippen molar-refractivity contribution in [1.29, 1.82) is 0 Å². The lowest BCUT2D eigenvalue weighted by atomic mass is 9.97. The number of rotatable bonds is 7. The maximum atomic E-state index is 5.40. The van der Waals surface area contributed by atoms with Crippen LogP contribution in [0.5, 0.6) is 5.75 Å². The lowest BCUT2D eigenvalue weighted by Crippen LogP contribution is -2.45. The van der Waals surface area contributed by atoms with Gasteiger partial charge in [-0.3, -0.25) is 4.99 Å². The van der Waals surface area contributed by atoms with E-state index in [1.807, 2.05) is 25.2 Å². The quantitative estimate of drug-likeness (QED) is 0.589. The SMILES string of the molecule is CN=C(NCc1ccccc1OC)NCC1CCCN(CC(C)C)C1. The second-order valence-electron chi connectivity index (χ2n) is 7.28. The number of hydrogen-bond acceptors (Lipinski definition) is 3. The van der Waals surface area contributed by atoms with Crippen LogP contribution in [0.15, 0.2) is 29.3 Å². The van der Waals surface area contributed by atoms with Crippen LogP contribution < -0.4 is 15.4 Å². The molecule has 1 atom stereocenters. The van der Waals surface area contributed by atoms with Crippen molar-refractivity contribution >= 4 is 5.96 Å². The number of para-hydroxylation sites is 1. The summed E-state index contributed by atoms with van der Waals surface area (Å²) in [6.45, 7) is 9.91. The fourth-order valence-corrected chi connectivity index (χ4v) is 3.49. The molecule has 2 N–H and O–H groups in total. The van der Waals surface area contributed by atoms with Crippen molar-refractivity contribution in [3.05, 3.63) is 29.8 Å². The van der Waals surface area contributed by atoms with Crippen molar-refractivity contribution in [3.63, 3.8) is 0 Å². The highest BCUT2D eigenvalue weighted by Crippen LogP contribution is 2.18. The Morgan fingerprint density at radius 3 is 2.84 bits per heavy atom. The van der Waals surface area contributed by atoms with E-state index in [1.165, 1.54) is 32.5 Å². The van der Waals surface area contributed by atoms with Gasteiger partial charge in [-0.1, -0.05) is 32.0 Å². The fraction of sp³-hybridized carbons (Fsp3) is 0.650. The van der Waals surface area contributed by atoms with Crippen LogP contribution in [-0.2, 0) is 6.54 Å². The molecule has 1 aliphatic heterocycles. The Balaban J connectivity index is 1.78. The van der Waals surface area contributed by atoms with E-state index in [9.17, 15) is 0 Å². The number of guanidine groups is 1. The van der Waals surface area contributed by atoms with Crippen LogP contribution in [-0.4, -0.2) is 51.2 Å². The molecule has 0 radical (unpaired) electrons. The second kappa shape index (κ2) is 10.3. The standard InChI is InChI=1S/C20H34N4O/c1-16(2)14-24-11-7-8-17(15-24)12-22-20(21-3)23-13-18-9-5-6-10-19(18)25-4/h5-6,9-10,16-17H,7-8,11-15H2,1-4H3,(H2,21,22,23). The first kappa shape index (κ1) is 19.6. The normalized spacial score (nSPS) is 19.1. The van der Waals surface area contributed by atoms with Crippen LogP contribution in [0, 0.1) is 11.8 Å². The molecule has 0 spiro atoms. The summed E-state index contributed by atoms with van der Waals surface area (Å²) >= 11 is 0. The summed E-state index contributed by atoms with van der Waals surface area (Å²) in [6.07, 6.45) is 2.59. The number of hydrogen-bond donors (Lipinski definition) is 2. The number of aliphatic imine (C=N–C) groups is 1. The summed E-state index contributed by atoms with van der Waals surface area (Å²) in [5.41, 5.74) is 1.13. The summed E-state index contributed by atoms with van der Waals surface area (Å²) in [6, 6.07) is 8.07. The third kappa shape index (κ3) is 6.58. The summed E-state index contributed by atoms with van der Waals surface area (Å²) in [7, 11) is 3.53. The molecule has 25 heavy (non-hydrogen) atoms. The maximum absolute atomic E-state index is 5.40. The van der Waals surface area contributed by atoms with Gasteiger partial charge in [0.15, 0.2) is 5.96 Å². The van der Waals surface area contributed by atoms with E-state index in [2.05, 4.69) is 40.4 Å². The first-order chi connectivity index (χ1) is 12.1. The summed E-state index contributed by atoms with van der Waals surface area (Å²) in [4.78, 5) is 6.95. The van der Waals surface area contributed by atoms with Crippen molar-refractivity contribution in [2.75, 3.05) is 40.3 Å². The Labute approximate surface area is 152 Å². The van der Waals surface area contributed by atoms with Gasteiger partial charge in [-0.05, 0) is 37.3 Å². The largest absolute Gasteiger partial charge is 0.496 e. The van der Waals surface area contributed by atoms with Crippen LogP contribution in [0.25, 0.3) is 0 Å². The molecule has 140 valence electrons. The third-order valence-electron chi connectivity index (χ3n) is 4.65. The number of nitrogens with one attached hydrogen (secondary N) is 2. The van der Waals surface area contributed by atoms with Gasteiger partial charge in [0.05, 0.1) is 7.11 Å². The number of ether oxygens (including phenoxy) is 1. The Kier molecular flexibility index (Phi) is 8.06.